The Balaban J connectivity index is 1.54. The van der Waals surface area contributed by atoms with Gasteiger partial charge in [0.15, 0.2) is 0 Å². The Hall–Kier alpha value is -2.58. The van der Waals surface area contributed by atoms with Crippen molar-refractivity contribution >= 4 is 46.2 Å². The molecule has 1 saturated heterocycles. The van der Waals surface area contributed by atoms with E-state index in [9.17, 15) is 14.4 Å². The van der Waals surface area contributed by atoms with Crippen molar-refractivity contribution in [3.05, 3.63) is 57.1 Å². The molecule has 0 radical (unpaired) electrons. The van der Waals surface area contributed by atoms with Gasteiger partial charge in [-0.05, 0) is 47.0 Å². The molecule has 27 heavy (non-hydrogen) atoms. The maximum Gasteiger partial charge on any atom is 0.293 e. The van der Waals surface area contributed by atoms with Crippen LogP contribution in [-0.4, -0.2) is 42.2 Å². The van der Waals surface area contributed by atoms with Crippen LogP contribution in [0.3, 0.4) is 0 Å². The lowest BCUT2D eigenvalue weighted by Crippen LogP contribution is -2.37. The van der Waals surface area contributed by atoms with Crippen LogP contribution in [0.15, 0.2) is 46.7 Å². The van der Waals surface area contributed by atoms with E-state index >= 15 is 0 Å². The first-order valence-corrected chi connectivity index (χ1v) is 9.95. The molecular formula is C19H18N2O4S2. The van der Waals surface area contributed by atoms with E-state index in [1.807, 2.05) is 29.6 Å². The van der Waals surface area contributed by atoms with Crippen molar-refractivity contribution in [3.63, 3.8) is 0 Å². The number of hydrogen-bond acceptors (Lipinski definition) is 6. The van der Waals surface area contributed by atoms with E-state index in [0.29, 0.717) is 11.3 Å². The maximum absolute atomic E-state index is 12.5. The van der Waals surface area contributed by atoms with Crippen LogP contribution in [0, 0.1) is 0 Å². The number of hydrogen-bond donors (Lipinski definition) is 1. The van der Waals surface area contributed by atoms with Crippen molar-refractivity contribution in [1.29, 1.82) is 0 Å². The topological polar surface area (TPSA) is 75.7 Å². The molecule has 1 aromatic heterocycles. The van der Waals surface area contributed by atoms with Crippen LogP contribution >= 0.6 is 23.1 Å². The summed E-state index contributed by atoms with van der Waals surface area (Å²) in [5.41, 5.74) is 0.811. The second-order valence-electron chi connectivity index (χ2n) is 5.71. The van der Waals surface area contributed by atoms with Gasteiger partial charge in [0, 0.05) is 18.0 Å². The molecule has 1 aliphatic rings. The van der Waals surface area contributed by atoms with Crippen molar-refractivity contribution in [2.24, 2.45) is 0 Å². The Labute approximate surface area is 165 Å². The molecule has 2 aromatic rings. The lowest BCUT2D eigenvalue weighted by molar-refractivity contribution is -0.124. The van der Waals surface area contributed by atoms with Gasteiger partial charge in [-0.2, -0.15) is 0 Å². The third-order valence-corrected chi connectivity index (χ3v) is 5.64. The lowest BCUT2D eigenvalue weighted by atomic mass is 10.2. The van der Waals surface area contributed by atoms with Crippen LogP contribution in [0.25, 0.3) is 6.08 Å². The highest BCUT2D eigenvalue weighted by molar-refractivity contribution is 8.18. The maximum atomic E-state index is 12.5. The predicted octanol–water partition coefficient (Wildman–Crippen LogP) is 3.15. The molecule has 1 aliphatic heterocycles. The number of rotatable bonds is 7. The number of carbonyl (C=O) groups excluding carboxylic acids is 3. The SMILES string of the molecule is COc1ccc(C=C2SC(=O)N(CCNC(=O)Cc3cccs3)C2=O)cc1. The largest absolute Gasteiger partial charge is 0.497 e. The fourth-order valence-corrected chi connectivity index (χ4v) is 4.05. The summed E-state index contributed by atoms with van der Waals surface area (Å²) in [6.45, 7) is 0.388. The highest BCUT2D eigenvalue weighted by atomic mass is 32.2. The second-order valence-corrected chi connectivity index (χ2v) is 7.74. The molecule has 3 rings (SSSR count). The standard InChI is InChI=1S/C19H18N2O4S2/c1-25-14-6-4-13(5-7-14)11-16-18(23)21(19(24)27-16)9-8-20-17(22)12-15-3-2-10-26-15/h2-7,10-11H,8-9,12H2,1H3,(H,20,22). The fourth-order valence-electron chi connectivity index (χ4n) is 2.49. The van der Waals surface area contributed by atoms with Crippen molar-refractivity contribution in [2.45, 2.75) is 6.42 Å². The molecule has 3 amide bonds. The van der Waals surface area contributed by atoms with E-state index in [1.54, 1.807) is 25.3 Å². The molecule has 1 aromatic carbocycles. The molecule has 0 saturated carbocycles. The zero-order valence-corrected chi connectivity index (χ0v) is 16.3. The summed E-state index contributed by atoms with van der Waals surface area (Å²) in [5, 5.41) is 4.33. The molecule has 1 N–H and O–H groups in total. The Morgan fingerprint density at radius 3 is 2.67 bits per heavy atom. The van der Waals surface area contributed by atoms with Crippen molar-refractivity contribution < 1.29 is 19.1 Å². The van der Waals surface area contributed by atoms with Crippen LogP contribution in [0.5, 0.6) is 5.75 Å². The minimum absolute atomic E-state index is 0.127. The third-order valence-electron chi connectivity index (χ3n) is 3.86. The Morgan fingerprint density at radius 1 is 1.22 bits per heavy atom. The summed E-state index contributed by atoms with van der Waals surface area (Å²) in [6, 6.07) is 11.0. The first-order valence-electron chi connectivity index (χ1n) is 8.25. The van der Waals surface area contributed by atoms with Gasteiger partial charge in [-0.15, -0.1) is 11.3 Å². The molecule has 2 heterocycles. The number of methoxy groups -OCH3 is 1. The predicted molar refractivity (Wildman–Crippen MR) is 107 cm³/mol. The molecular weight excluding hydrogens is 384 g/mol. The van der Waals surface area contributed by atoms with Gasteiger partial charge in [0.25, 0.3) is 11.1 Å². The van der Waals surface area contributed by atoms with Crippen LogP contribution in [0.2, 0.25) is 0 Å². The van der Waals surface area contributed by atoms with Gasteiger partial charge in [-0.1, -0.05) is 18.2 Å². The van der Waals surface area contributed by atoms with Gasteiger partial charge < -0.3 is 10.1 Å². The summed E-state index contributed by atoms with van der Waals surface area (Å²) >= 11 is 2.42. The quantitative estimate of drug-likeness (QED) is 0.720. The average molecular weight is 402 g/mol. The zero-order valence-electron chi connectivity index (χ0n) is 14.6. The number of ether oxygens (including phenoxy) is 1. The van der Waals surface area contributed by atoms with Crippen LogP contribution in [0.1, 0.15) is 10.4 Å². The van der Waals surface area contributed by atoms with E-state index in [-0.39, 0.29) is 30.1 Å². The van der Waals surface area contributed by atoms with Gasteiger partial charge in [0.1, 0.15) is 5.75 Å². The number of carbonyl (C=O) groups is 3. The number of thioether (sulfide) groups is 1. The Morgan fingerprint density at radius 2 is 2.00 bits per heavy atom. The van der Waals surface area contributed by atoms with Gasteiger partial charge in [0.2, 0.25) is 5.91 Å². The van der Waals surface area contributed by atoms with Crippen LogP contribution in [0.4, 0.5) is 4.79 Å². The monoisotopic (exact) mass is 402 g/mol. The number of imide groups is 1. The lowest BCUT2D eigenvalue weighted by Gasteiger charge is -2.12. The highest BCUT2D eigenvalue weighted by Crippen LogP contribution is 2.32. The highest BCUT2D eigenvalue weighted by Gasteiger charge is 2.34. The van der Waals surface area contributed by atoms with Crippen LogP contribution in [-0.2, 0) is 16.0 Å². The normalized spacial score (nSPS) is 15.4. The molecule has 1 fully saturated rings. The number of thiophene rings is 1. The minimum Gasteiger partial charge on any atom is -0.497 e. The first kappa shape index (κ1) is 19.2. The molecule has 0 aliphatic carbocycles. The van der Waals surface area contributed by atoms with E-state index in [4.69, 9.17) is 4.74 Å². The van der Waals surface area contributed by atoms with E-state index in [0.717, 1.165) is 32.9 Å². The van der Waals surface area contributed by atoms with Gasteiger partial charge in [-0.3, -0.25) is 19.3 Å². The molecule has 0 unspecified atom stereocenters. The first-order chi connectivity index (χ1) is 13.1. The van der Waals surface area contributed by atoms with Gasteiger partial charge in [-0.25, -0.2) is 0 Å². The van der Waals surface area contributed by atoms with Crippen molar-refractivity contribution in [2.75, 3.05) is 20.2 Å². The summed E-state index contributed by atoms with van der Waals surface area (Å²) in [5.74, 6) is 0.255. The molecule has 0 bridgehead atoms. The smallest absolute Gasteiger partial charge is 0.293 e. The van der Waals surface area contributed by atoms with Gasteiger partial charge in [0.05, 0.1) is 18.4 Å². The number of nitrogens with one attached hydrogen (secondary N) is 1. The molecule has 0 atom stereocenters. The summed E-state index contributed by atoms with van der Waals surface area (Å²) in [7, 11) is 1.58. The minimum atomic E-state index is -0.340. The third kappa shape index (κ3) is 4.99. The number of amides is 3. The average Bonchev–Trinajstić information content (AvgIpc) is 3.26. The summed E-state index contributed by atoms with van der Waals surface area (Å²) < 4.78 is 5.10. The van der Waals surface area contributed by atoms with E-state index in [2.05, 4.69) is 5.32 Å². The molecule has 8 heteroatoms. The molecule has 6 nitrogen and oxygen atoms in total. The van der Waals surface area contributed by atoms with E-state index < -0.39 is 0 Å². The number of nitrogens with zero attached hydrogens (tertiary/aromatic N) is 1. The summed E-state index contributed by atoms with van der Waals surface area (Å²) in [4.78, 5) is 39.0. The molecule has 140 valence electrons. The van der Waals surface area contributed by atoms with E-state index in [1.165, 1.54) is 11.3 Å². The Kier molecular flexibility index (Phi) is 6.31. The zero-order chi connectivity index (χ0) is 19.2. The molecule has 0 spiro atoms. The van der Waals surface area contributed by atoms with Crippen molar-refractivity contribution in [1.82, 2.24) is 10.2 Å². The fraction of sp³-hybridized carbons (Fsp3) is 0.211. The Bertz CT molecular complexity index is 860. The summed E-state index contributed by atoms with van der Waals surface area (Å²) in [6.07, 6.45) is 1.98. The van der Waals surface area contributed by atoms with Gasteiger partial charge >= 0.3 is 0 Å². The second kappa shape index (κ2) is 8.88. The number of benzene rings is 1. The van der Waals surface area contributed by atoms with Crippen molar-refractivity contribution in [3.8, 4) is 5.75 Å². The van der Waals surface area contributed by atoms with Crippen LogP contribution < -0.4 is 10.1 Å².